The molecule has 2 aromatic carbocycles. The lowest BCUT2D eigenvalue weighted by Crippen LogP contribution is -2.28. The Morgan fingerprint density at radius 3 is 2.72 bits per heavy atom. The van der Waals surface area contributed by atoms with Gasteiger partial charge in [0.15, 0.2) is 5.82 Å². The van der Waals surface area contributed by atoms with Crippen molar-refractivity contribution in [3.05, 3.63) is 82.7 Å². The number of likely N-dealkylation sites (tertiary alicyclic amines) is 1. The highest BCUT2D eigenvalue weighted by atomic mass is 16.1. The molecule has 2 aromatic heterocycles. The van der Waals surface area contributed by atoms with Gasteiger partial charge in [0.25, 0.3) is 5.56 Å². The van der Waals surface area contributed by atoms with Crippen LogP contribution < -0.4 is 5.56 Å². The van der Waals surface area contributed by atoms with E-state index in [-0.39, 0.29) is 11.6 Å². The summed E-state index contributed by atoms with van der Waals surface area (Å²) in [5.41, 5.74) is 1.93. The van der Waals surface area contributed by atoms with Crippen molar-refractivity contribution < 1.29 is 0 Å². The SMILES string of the molecule is O=c1c2ccccc2ncn1C1CCN(Cc2nnnn2Cc2ccccc2)C1. The fraction of sp³-hybridized carbons (Fsp3) is 0.286. The molecule has 4 aromatic rings. The zero-order valence-electron chi connectivity index (χ0n) is 15.9. The molecule has 0 saturated carbocycles. The van der Waals surface area contributed by atoms with Gasteiger partial charge in [0, 0.05) is 13.1 Å². The predicted octanol–water partition coefficient (Wildman–Crippen LogP) is 1.88. The van der Waals surface area contributed by atoms with Gasteiger partial charge >= 0.3 is 0 Å². The summed E-state index contributed by atoms with van der Waals surface area (Å²) in [6.45, 7) is 2.97. The molecule has 1 aliphatic heterocycles. The number of para-hydroxylation sites is 1. The molecule has 5 rings (SSSR count). The third kappa shape index (κ3) is 3.54. The van der Waals surface area contributed by atoms with Crippen molar-refractivity contribution in [2.75, 3.05) is 13.1 Å². The number of tetrazole rings is 1. The summed E-state index contributed by atoms with van der Waals surface area (Å²) >= 11 is 0. The zero-order chi connectivity index (χ0) is 19.6. The van der Waals surface area contributed by atoms with E-state index < -0.39 is 0 Å². The molecule has 1 saturated heterocycles. The number of fused-ring (bicyclic) bond motifs is 1. The Bertz CT molecular complexity index is 1180. The van der Waals surface area contributed by atoms with Crippen molar-refractivity contribution in [1.82, 2.24) is 34.7 Å². The van der Waals surface area contributed by atoms with E-state index in [1.807, 2.05) is 47.1 Å². The van der Waals surface area contributed by atoms with Crippen molar-refractivity contribution >= 4 is 10.9 Å². The van der Waals surface area contributed by atoms with Crippen molar-refractivity contribution in [3.63, 3.8) is 0 Å². The van der Waals surface area contributed by atoms with Gasteiger partial charge in [0.2, 0.25) is 0 Å². The summed E-state index contributed by atoms with van der Waals surface area (Å²) in [6, 6.07) is 17.8. The van der Waals surface area contributed by atoms with Crippen molar-refractivity contribution in [2.45, 2.75) is 25.6 Å². The van der Waals surface area contributed by atoms with E-state index in [0.717, 1.165) is 36.4 Å². The lowest BCUT2D eigenvalue weighted by Gasteiger charge is -2.17. The Hall–Kier alpha value is -3.39. The second-order valence-electron chi connectivity index (χ2n) is 7.39. The van der Waals surface area contributed by atoms with E-state index in [4.69, 9.17) is 0 Å². The Morgan fingerprint density at radius 1 is 1.00 bits per heavy atom. The molecule has 8 nitrogen and oxygen atoms in total. The fourth-order valence-corrected chi connectivity index (χ4v) is 3.94. The molecule has 0 amide bonds. The summed E-state index contributed by atoms with van der Waals surface area (Å²) in [6.07, 6.45) is 2.58. The van der Waals surface area contributed by atoms with Crippen LogP contribution >= 0.6 is 0 Å². The van der Waals surface area contributed by atoms with E-state index in [2.05, 4.69) is 37.5 Å². The first-order valence-electron chi connectivity index (χ1n) is 9.75. The number of nitrogens with zero attached hydrogens (tertiary/aromatic N) is 7. The van der Waals surface area contributed by atoms with E-state index >= 15 is 0 Å². The highest BCUT2D eigenvalue weighted by molar-refractivity contribution is 5.76. The van der Waals surface area contributed by atoms with Gasteiger partial charge in [0.1, 0.15) is 0 Å². The number of hydrogen-bond donors (Lipinski definition) is 0. The first kappa shape index (κ1) is 17.7. The molecule has 1 unspecified atom stereocenters. The first-order valence-corrected chi connectivity index (χ1v) is 9.75. The molecular formula is C21H21N7O. The Kier molecular flexibility index (Phi) is 4.61. The molecule has 0 aliphatic carbocycles. The van der Waals surface area contributed by atoms with Crippen LogP contribution in [0.1, 0.15) is 23.9 Å². The highest BCUT2D eigenvalue weighted by Gasteiger charge is 2.26. The molecule has 1 atom stereocenters. The zero-order valence-corrected chi connectivity index (χ0v) is 15.9. The smallest absolute Gasteiger partial charge is 0.261 e. The molecule has 3 heterocycles. The van der Waals surface area contributed by atoms with Gasteiger partial charge in [-0.15, -0.1) is 5.10 Å². The van der Waals surface area contributed by atoms with Crippen LogP contribution in [0.4, 0.5) is 0 Å². The first-order chi connectivity index (χ1) is 14.3. The Labute approximate surface area is 167 Å². The second-order valence-corrected chi connectivity index (χ2v) is 7.39. The summed E-state index contributed by atoms with van der Waals surface area (Å²) in [7, 11) is 0. The molecule has 0 radical (unpaired) electrons. The van der Waals surface area contributed by atoms with Gasteiger partial charge in [-0.1, -0.05) is 42.5 Å². The molecule has 0 bridgehead atoms. The maximum absolute atomic E-state index is 12.9. The summed E-state index contributed by atoms with van der Waals surface area (Å²) in [5.74, 6) is 0.832. The Balaban J connectivity index is 1.31. The number of aromatic nitrogens is 6. The van der Waals surface area contributed by atoms with Gasteiger partial charge in [-0.05, 0) is 34.5 Å². The van der Waals surface area contributed by atoms with Crippen LogP contribution in [-0.2, 0) is 13.1 Å². The van der Waals surface area contributed by atoms with Crippen molar-refractivity contribution in [2.24, 2.45) is 0 Å². The van der Waals surface area contributed by atoms with Gasteiger partial charge in [-0.3, -0.25) is 14.3 Å². The van der Waals surface area contributed by atoms with Gasteiger partial charge < -0.3 is 0 Å². The van der Waals surface area contributed by atoms with E-state index in [0.29, 0.717) is 18.5 Å². The number of rotatable bonds is 5. The summed E-state index contributed by atoms with van der Waals surface area (Å²) in [5, 5.41) is 12.9. The fourth-order valence-electron chi connectivity index (χ4n) is 3.94. The van der Waals surface area contributed by atoms with Gasteiger partial charge in [-0.25, -0.2) is 9.67 Å². The molecule has 29 heavy (non-hydrogen) atoms. The number of hydrogen-bond acceptors (Lipinski definition) is 6. The van der Waals surface area contributed by atoms with Crippen molar-refractivity contribution in [3.8, 4) is 0 Å². The maximum Gasteiger partial charge on any atom is 0.261 e. The van der Waals surface area contributed by atoms with Crippen LogP contribution in [0.15, 0.2) is 65.7 Å². The normalized spacial score (nSPS) is 17.2. The largest absolute Gasteiger partial charge is 0.294 e. The van der Waals surface area contributed by atoms with Gasteiger partial charge in [0.05, 0.1) is 36.4 Å². The molecule has 146 valence electrons. The third-order valence-corrected chi connectivity index (χ3v) is 5.48. The molecule has 0 N–H and O–H groups in total. The van der Waals surface area contributed by atoms with Crippen LogP contribution in [0.25, 0.3) is 10.9 Å². The van der Waals surface area contributed by atoms with Crippen molar-refractivity contribution in [1.29, 1.82) is 0 Å². The molecule has 1 fully saturated rings. The van der Waals surface area contributed by atoms with E-state index in [1.54, 1.807) is 10.9 Å². The average Bonchev–Trinajstić information content (AvgIpc) is 3.39. The lowest BCUT2D eigenvalue weighted by molar-refractivity contribution is 0.300. The monoisotopic (exact) mass is 387 g/mol. The molecule has 1 aliphatic rings. The van der Waals surface area contributed by atoms with E-state index in [9.17, 15) is 4.79 Å². The molecular weight excluding hydrogens is 366 g/mol. The quantitative estimate of drug-likeness (QED) is 0.520. The van der Waals surface area contributed by atoms with E-state index in [1.165, 1.54) is 0 Å². The molecule has 8 heteroatoms. The maximum atomic E-state index is 12.9. The summed E-state index contributed by atoms with van der Waals surface area (Å²) in [4.78, 5) is 19.6. The second kappa shape index (κ2) is 7.56. The highest BCUT2D eigenvalue weighted by Crippen LogP contribution is 2.22. The molecule has 0 spiro atoms. The third-order valence-electron chi connectivity index (χ3n) is 5.48. The standard InChI is InChI=1S/C21H21N7O/c29-21-18-8-4-5-9-19(18)22-15-27(21)17-10-11-26(13-17)14-20-23-24-25-28(20)12-16-6-2-1-3-7-16/h1-9,15,17H,10-14H2. The topological polar surface area (TPSA) is 81.7 Å². The predicted molar refractivity (Wildman–Crippen MR) is 108 cm³/mol. The minimum atomic E-state index is 0.0244. The van der Waals surface area contributed by atoms with Crippen LogP contribution in [-0.4, -0.2) is 47.7 Å². The Morgan fingerprint density at radius 2 is 1.83 bits per heavy atom. The minimum absolute atomic E-state index is 0.0244. The van der Waals surface area contributed by atoms with Crippen LogP contribution in [0.5, 0.6) is 0 Å². The number of benzene rings is 2. The lowest BCUT2D eigenvalue weighted by atomic mass is 10.2. The van der Waals surface area contributed by atoms with Crippen LogP contribution in [0.3, 0.4) is 0 Å². The van der Waals surface area contributed by atoms with Crippen LogP contribution in [0, 0.1) is 0 Å². The average molecular weight is 387 g/mol. The van der Waals surface area contributed by atoms with Gasteiger partial charge in [-0.2, -0.15) is 0 Å². The minimum Gasteiger partial charge on any atom is -0.294 e. The summed E-state index contributed by atoms with van der Waals surface area (Å²) < 4.78 is 3.61. The van der Waals surface area contributed by atoms with Crippen LogP contribution in [0.2, 0.25) is 0 Å².